The lowest BCUT2D eigenvalue weighted by molar-refractivity contribution is 0.0170. The maximum atomic E-state index is 5.53. The fraction of sp³-hybridized carbons (Fsp3) is 0.650. The topological polar surface area (TPSA) is 58.1 Å². The van der Waals surface area contributed by atoms with Gasteiger partial charge in [-0.1, -0.05) is 26.0 Å². The van der Waals surface area contributed by atoms with Crippen molar-refractivity contribution in [3.8, 4) is 5.75 Å². The second-order valence-electron chi connectivity index (χ2n) is 7.07. The van der Waals surface area contributed by atoms with Gasteiger partial charge >= 0.3 is 0 Å². The molecule has 1 aliphatic heterocycles. The van der Waals surface area contributed by atoms with Crippen LogP contribution in [0.5, 0.6) is 5.75 Å². The highest BCUT2D eigenvalue weighted by molar-refractivity contribution is 14.0. The first-order valence-electron chi connectivity index (χ1n) is 9.48. The van der Waals surface area contributed by atoms with Crippen molar-refractivity contribution in [1.29, 1.82) is 0 Å². The van der Waals surface area contributed by atoms with E-state index < -0.39 is 0 Å². The molecule has 0 bridgehead atoms. The van der Waals surface area contributed by atoms with Crippen molar-refractivity contribution in [1.82, 2.24) is 15.5 Å². The molecule has 1 saturated heterocycles. The lowest BCUT2D eigenvalue weighted by Gasteiger charge is -2.35. The Morgan fingerprint density at radius 1 is 1.19 bits per heavy atom. The third-order valence-electron chi connectivity index (χ3n) is 5.04. The number of guanidine groups is 1. The average Bonchev–Trinajstić information content (AvgIpc) is 2.68. The van der Waals surface area contributed by atoms with Crippen LogP contribution in [0.2, 0.25) is 0 Å². The number of morpholine rings is 1. The van der Waals surface area contributed by atoms with E-state index in [0.717, 1.165) is 44.6 Å². The molecule has 2 rings (SSSR count). The molecule has 1 aliphatic rings. The van der Waals surface area contributed by atoms with Crippen LogP contribution in [0, 0.1) is 5.92 Å². The molecule has 0 radical (unpaired) electrons. The van der Waals surface area contributed by atoms with Crippen LogP contribution in [-0.2, 0) is 4.74 Å². The van der Waals surface area contributed by atoms with Gasteiger partial charge in [-0.2, -0.15) is 0 Å². The van der Waals surface area contributed by atoms with Gasteiger partial charge in [0.1, 0.15) is 5.75 Å². The van der Waals surface area contributed by atoms with Crippen LogP contribution >= 0.6 is 24.0 Å². The van der Waals surface area contributed by atoms with E-state index in [0.29, 0.717) is 12.0 Å². The molecule has 0 saturated carbocycles. The minimum Gasteiger partial charge on any atom is -0.497 e. The van der Waals surface area contributed by atoms with Gasteiger partial charge in [-0.25, -0.2) is 0 Å². The molecular weight excluding hydrogens is 455 g/mol. The largest absolute Gasteiger partial charge is 0.497 e. The molecule has 1 heterocycles. The Morgan fingerprint density at radius 2 is 1.81 bits per heavy atom. The minimum absolute atomic E-state index is 0. The standard InChI is InChI=1S/C20H34N4O2.HI/c1-15(2)16(3)23-20(21-4)22-14-19(24-10-12-26-13-11-24)17-6-8-18(25-5)9-7-17;/h6-9,15-16,19H,10-14H2,1-5H3,(H2,21,22,23);1H. The normalized spacial score (nSPS) is 17.8. The van der Waals surface area contributed by atoms with Crippen LogP contribution in [0.4, 0.5) is 0 Å². The third kappa shape index (κ3) is 7.46. The number of benzene rings is 1. The van der Waals surface area contributed by atoms with Gasteiger partial charge in [0.25, 0.3) is 0 Å². The summed E-state index contributed by atoms with van der Waals surface area (Å²) in [7, 11) is 3.51. The molecule has 154 valence electrons. The molecule has 2 unspecified atom stereocenters. The number of methoxy groups -OCH3 is 1. The van der Waals surface area contributed by atoms with E-state index in [4.69, 9.17) is 9.47 Å². The molecule has 6 nitrogen and oxygen atoms in total. The first kappa shape index (κ1) is 24.0. The maximum absolute atomic E-state index is 5.53. The number of halogens is 1. The molecule has 2 atom stereocenters. The van der Waals surface area contributed by atoms with E-state index in [-0.39, 0.29) is 30.0 Å². The van der Waals surface area contributed by atoms with E-state index in [9.17, 15) is 0 Å². The molecule has 0 spiro atoms. The van der Waals surface area contributed by atoms with Crippen molar-refractivity contribution in [2.45, 2.75) is 32.9 Å². The van der Waals surface area contributed by atoms with Crippen LogP contribution in [0.15, 0.2) is 29.3 Å². The van der Waals surface area contributed by atoms with Crippen LogP contribution in [0.3, 0.4) is 0 Å². The zero-order valence-electron chi connectivity index (χ0n) is 17.2. The Labute approximate surface area is 181 Å². The van der Waals surface area contributed by atoms with E-state index in [2.05, 4.69) is 53.4 Å². The monoisotopic (exact) mass is 490 g/mol. The Kier molecular flexibility index (Phi) is 11.0. The minimum atomic E-state index is 0. The molecule has 1 aromatic carbocycles. The van der Waals surface area contributed by atoms with Gasteiger partial charge in [0.05, 0.1) is 26.4 Å². The van der Waals surface area contributed by atoms with Crippen molar-refractivity contribution in [2.24, 2.45) is 10.9 Å². The first-order chi connectivity index (χ1) is 12.5. The van der Waals surface area contributed by atoms with Gasteiger partial charge in [0.2, 0.25) is 0 Å². The van der Waals surface area contributed by atoms with E-state index >= 15 is 0 Å². The van der Waals surface area contributed by atoms with Crippen molar-refractivity contribution >= 4 is 29.9 Å². The second kappa shape index (κ2) is 12.4. The number of hydrogen-bond donors (Lipinski definition) is 2. The van der Waals surface area contributed by atoms with Gasteiger partial charge in [0.15, 0.2) is 5.96 Å². The number of aliphatic imine (C=N–C) groups is 1. The number of ether oxygens (including phenoxy) is 2. The summed E-state index contributed by atoms with van der Waals surface area (Å²) in [6.45, 7) is 10.8. The summed E-state index contributed by atoms with van der Waals surface area (Å²) in [6, 6.07) is 8.97. The predicted octanol–water partition coefficient (Wildman–Crippen LogP) is 2.90. The van der Waals surface area contributed by atoms with E-state index in [1.165, 1.54) is 5.56 Å². The summed E-state index contributed by atoms with van der Waals surface area (Å²) in [5, 5.41) is 6.97. The molecular formula is C20H35IN4O2. The van der Waals surface area contributed by atoms with Crippen LogP contribution in [-0.4, -0.2) is 63.9 Å². The van der Waals surface area contributed by atoms with Crippen LogP contribution in [0.25, 0.3) is 0 Å². The average molecular weight is 490 g/mol. The lowest BCUT2D eigenvalue weighted by atomic mass is 10.0. The molecule has 2 N–H and O–H groups in total. The van der Waals surface area contributed by atoms with Gasteiger partial charge in [-0.3, -0.25) is 9.89 Å². The highest BCUT2D eigenvalue weighted by atomic mass is 127. The number of rotatable bonds is 7. The molecule has 1 aromatic rings. The highest BCUT2D eigenvalue weighted by Crippen LogP contribution is 2.23. The molecule has 0 aromatic heterocycles. The molecule has 7 heteroatoms. The Bertz CT molecular complexity index is 560. The summed E-state index contributed by atoms with van der Waals surface area (Å²) in [5.41, 5.74) is 1.27. The fourth-order valence-electron chi connectivity index (χ4n) is 2.94. The Hall–Kier alpha value is -1.06. The molecule has 0 aliphatic carbocycles. The molecule has 27 heavy (non-hydrogen) atoms. The number of nitrogens with one attached hydrogen (secondary N) is 2. The highest BCUT2D eigenvalue weighted by Gasteiger charge is 2.23. The summed E-state index contributed by atoms with van der Waals surface area (Å²) in [4.78, 5) is 6.85. The Morgan fingerprint density at radius 3 is 2.33 bits per heavy atom. The van der Waals surface area contributed by atoms with Gasteiger partial charge < -0.3 is 20.1 Å². The summed E-state index contributed by atoms with van der Waals surface area (Å²) in [6.07, 6.45) is 0. The first-order valence-corrected chi connectivity index (χ1v) is 9.48. The zero-order valence-corrected chi connectivity index (χ0v) is 19.5. The third-order valence-corrected chi connectivity index (χ3v) is 5.04. The number of nitrogens with zero attached hydrogens (tertiary/aromatic N) is 2. The van der Waals surface area contributed by atoms with Gasteiger partial charge in [-0.15, -0.1) is 24.0 Å². The SMILES string of the molecule is CN=C(NCC(c1ccc(OC)cc1)N1CCOCC1)NC(C)C(C)C.I. The molecule has 0 amide bonds. The van der Waals surface area contributed by atoms with E-state index in [1.807, 2.05) is 19.2 Å². The predicted molar refractivity (Wildman–Crippen MR) is 122 cm³/mol. The Balaban J connectivity index is 0.00000364. The second-order valence-corrected chi connectivity index (χ2v) is 7.07. The van der Waals surface area contributed by atoms with Gasteiger partial charge in [-0.05, 0) is 30.5 Å². The zero-order chi connectivity index (χ0) is 18.9. The maximum Gasteiger partial charge on any atom is 0.191 e. The van der Waals surface area contributed by atoms with E-state index in [1.54, 1.807) is 7.11 Å². The molecule has 1 fully saturated rings. The van der Waals surface area contributed by atoms with Crippen molar-refractivity contribution in [3.63, 3.8) is 0 Å². The smallest absolute Gasteiger partial charge is 0.191 e. The van der Waals surface area contributed by atoms with Crippen LogP contribution in [0.1, 0.15) is 32.4 Å². The summed E-state index contributed by atoms with van der Waals surface area (Å²) in [5.74, 6) is 2.27. The quantitative estimate of drug-likeness (QED) is 0.350. The summed E-state index contributed by atoms with van der Waals surface area (Å²) < 4.78 is 10.8. The summed E-state index contributed by atoms with van der Waals surface area (Å²) >= 11 is 0. The van der Waals surface area contributed by atoms with Crippen LogP contribution < -0.4 is 15.4 Å². The number of hydrogen-bond acceptors (Lipinski definition) is 4. The fourth-order valence-corrected chi connectivity index (χ4v) is 2.94. The van der Waals surface area contributed by atoms with Gasteiger partial charge in [0, 0.05) is 32.7 Å². The van der Waals surface area contributed by atoms with Crippen molar-refractivity contribution in [3.05, 3.63) is 29.8 Å². The van der Waals surface area contributed by atoms with Crippen molar-refractivity contribution < 1.29 is 9.47 Å². The lowest BCUT2D eigenvalue weighted by Crippen LogP contribution is -2.48. The van der Waals surface area contributed by atoms with Crippen molar-refractivity contribution in [2.75, 3.05) is 47.0 Å².